The Kier molecular flexibility index (Phi) is 6.91. The molecule has 9 heteroatoms. The lowest BCUT2D eigenvalue weighted by Crippen LogP contribution is -2.52. The van der Waals surface area contributed by atoms with Crippen molar-refractivity contribution in [2.24, 2.45) is 5.92 Å². The van der Waals surface area contributed by atoms with Crippen LogP contribution in [0.4, 0.5) is 0 Å². The van der Waals surface area contributed by atoms with Crippen LogP contribution in [0.2, 0.25) is 5.02 Å². The summed E-state index contributed by atoms with van der Waals surface area (Å²) in [5.74, 6) is -0.220. The van der Waals surface area contributed by atoms with E-state index in [2.05, 4.69) is 9.88 Å². The summed E-state index contributed by atoms with van der Waals surface area (Å²) in [4.78, 5) is 21.6. The molecule has 1 atom stereocenters. The maximum absolute atomic E-state index is 13.1. The fraction of sp³-hybridized carbons (Fsp3) is 0.455. The average Bonchev–Trinajstić information content (AvgIpc) is 2.80. The number of piperidine rings is 1. The van der Waals surface area contributed by atoms with E-state index in [0.717, 1.165) is 26.1 Å². The van der Waals surface area contributed by atoms with E-state index in [1.54, 1.807) is 24.5 Å². The number of benzene rings is 1. The van der Waals surface area contributed by atoms with Crippen molar-refractivity contribution >= 4 is 27.5 Å². The summed E-state index contributed by atoms with van der Waals surface area (Å²) in [5.41, 5.74) is 1.21. The first-order valence-electron chi connectivity index (χ1n) is 10.6. The molecule has 2 fully saturated rings. The predicted octanol–water partition coefficient (Wildman–Crippen LogP) is 2.48. The molecule has 166 valence electrons. The SMILES string of the molecule is O=C(C1CCCN(S(=O)(=O)c2ccc(Cl)cc2)C1)N1CCN(Cc2ccncc2)CC1. The molecule has 0 radical (unpaired) electrons. The van der Waals surface area contributed by atoms with Crippen LogP contribution < -0.4 is 0 Å². The highest BCUT2D eigenvalue weighted by atomic mass is 35.5. The van der Waals surface area contributed by atoms with Crippen LogP contribution in [0, 0.1) is 5.92 Å². The number of nitrogens with zero attached hydrogens (tertiary/aromatic N) is 4. The molecule has 0 saturated carbocycles. The van der Waals surface area contributed by atoms with E-state index >= 15 is 0 Å². The second kappa shape index (κ2) is 9.65. The van der Waals surface area contributed by atoms with Crippen molar-refractivity contribution < 1.29 is 13.2 Å². The van der Waals surface area contributed by atoms with Gasteiger partial charge in [0.05, 0.1) is 10.8 Å². The summed E-state index contributed by atoms with van der Waals surface area (Å²) in [6.07, 6.45) is 5.00. The number of sulfonamides is 1. The summed E-state index contributed by atoms with van der Waals surface area (Å²) >= 11 is 5.89. The second-order valence-corrected chi connectivity index (χ2v) is 10.5. The van der Waals surface area contributed by atoms with E-state index in [1.165, 1.54) is 22.0 Å². The van der Waals surface area contributed by atoms with Crippen LogP contribution in [-0.2, 0) is 21.4 Å². The zero-order chi connectivity index (χ0) is 21.8. The van der Waals surface area contributed by atoms with Gasteiger partial charge in [0, 0.05) is 63.2 Å². The predicted molar refractivity (Wildman–Crippen MR) is 119 cm³/mol. The van der Waals surface area contributed by atoms with Gasteiger partial charge in [-0.05, 0) is 54.8 Å². The average molecular weight is 463 g/mol. The molecule has 2 aromatic rings. The van der Waals surface area contributed by atoms with Crippen molar-refractivity contribution in [2.45, 2.75) is 24.3 Å². The lowest BCUT2D eigenvalue weighted by Gasteiger charge is -2.38. The van der Waals surface area contributed by atoms with Crippen molar-refractivity contribution in [3.63, 3.8) is 0 Å². The molecule has 0 spiro atoms. The molecule has 31 heavy (non-hydrogen) atoms. The van der Waals surface area contributed by atoms with Gasteiger partial charge < -0.3 is 4.90 Å². The Labute approximate surface area is 188 Å². The van der Waals surface area contributed by atoms with Crippen molar-refractivity contribution in [3.8, 4) is 0 Å². The van der Waals surface area contributed by atoms with Gasteiger partial charge in [0.15, 0.2) is 0 Å². The van der Waals surface area contributed by atoms with E-state index in [-0.39, 0.29) is 23.3 Å². The minimum absolute atomic E-state index is 0.0690. The zero-order valence-corrected chi connectivity index (χ0v) is 18.9. The van der Waals surface area contributed by atoms with Crippen molar-refractivity contribution in [1.82, 2.24) is 19.1 Å². The first-order chi connectivity index (χ1) is 14.9. The largest absolute Gasteiger partial charge is 0.340 e. The lowest BCUT2D eigenvalue weighted by atomic mass is 9.97. The zero-order valence-electron chi connectivity index (χ0n) is 17.4. The molecule has 4 rings (SSSR count). The summed E-state index contributed by atoms with van der Waals surface area (Å²) in [6.45, 7) is 4.49. The number of aromatic nitrogens is 1. The van der Waals surface area contributed by atoms with Crippen molar-refractivity contribution in [3.05, 3.63) is 59.4 Å². The Morgan fingerprint density at radius 1 is 1.00 bits per heavy atom. The summed E-state index contributed by atoms with van der Waals surface area (Å²) < 4.78 is 27.5. The number of piperazine rings is 1. The van der Waals surface area contributed by atoms with E-state index < -0.39 is 10.0 Å². The smallest absolute Gasteiger partial charge is 0.243 e. The van der Waals surface area contributed by atoms with Crippen LogP contribution in [0.15, 0.2) is 53.7 Å². The molecule has 0 aliphatic carbocycles. The fourth-order valence-electron chi connectivity index (χ4n) is 4.25. The quantitative estimate of drug-likeness (QED) is 0.682. The van der Waals surface area contributed by atoms with E-state index in [9.17, 15) is 13.2 Å². The number of rotatable bonds is 5. The summed E-state index contributed by atoms with van der Waals surface area (Å²) in [6, 6.07) is 10.2. The fourth-order valence-corrected chi connectivity index (χ4v) is 5.90. The number of carbonyl (C=O) groups excluding carboxylic acids is 1. The number of hydrogen-bond acceptors (Lipinski definition) is 5. The van der Waals surface area contributed by atoms with E-state index in [1.807, 2.05) is 17.0 Å². The lowest BCUT2D eigenvalue weighted by molar-refractivity contribution is -0.138. The highest BCUT2D eigenvalue weighted by Crippen LogP contribution is 2.26. The number of hydrogen-bond donors (Lipinski definition) is 0. The van der Waals surface area contributed by atoms with Crippen LogP contribution in [-0.4, -0.2) is 72.7 Å². The normalized spacial score (nSPS) is 21.2. The summed E-state index contributed by atoms with van der Waals surface area (Å²) in [7, 11) is -3.63. The molecule has 0 N–H and O–H groups in total. The number of amides is 1. The van der Waals surface area contributed by atoms with Gasteiger partial charge in [-0.25, -0.2) is 8.42 Å². The first kappa shape index (κ1) is 22.2. The molecule has 2 saturated heterocycles. The number of carbonyl (C=O) groups is 1. The van der Waals surface area contributed by atoms with Gasteiger partial charge in [-0.1, -0.05) is 11.6 Å². The minimum Gasteiger partial charge on any atom is -0.340 e. The molecule has 0 bridgehead atoms. The van der Waals surface area contributed by atoms with E-state index in [4.69, 9.17) is 11.6 Å². The van der Waals surface area contributed by atoms with Crippen molar-refractivity contribution in [1.29, 1.82) is 0 Å². The molecule has 3 heterocycles. The van der Waals surface area contributed by atoms with Crippen LogP contribution >= 0.6 is 11.6 Å². The van der Waals surface area contributed by atoms with Crippen LogP contribution in [0.5, 0.6) is 0 Å². The number of pyridine rings is 1. The van der Waals surface area contributed by atoms with E-state index in [0.29, 0.717) is 31.1 Å². The van der Waals surface area contributed by atoms with Gasteiger partial charge in [0.2, 0.25) is 15.9 Å². The van der Waals surface area contributed by atoms with Crippen LogP contribution in [0.25, 0.3) is 0 Å². The van der Waals surface area contributed by atoms with Crippen molar-refractivity contribution in [2.75, 3.05) is 39.3 Å². The van der Waals surface area contributed by atoms with Gasteiger partial charge in [0.25, 0.3) is 0 Å². The molecular formula is C22H27ClN4O3S. The molecule has 1 aromatic carbocycles. The Hall–Kier alpha value is -2.00. The van der Waals surface area contributed by atoms with Gasteiger partial charge in [-0.15, -0.1) is 0 Å². The second-order valence-electron chi connectivity index (χ2n) is 8.11. The van der Waals surface area contributed by atoms with Gasteiger partial charge in [-0.2, -0.15) is 4.31 Å². The van der Waals surface area contributed by atoms with Crippen LogP contribution in [0.3, 0.4) is 0 Å². The molecule has 7 nitrogen and oxygen atoms in total. The molecule has 1 aromatic heterocycles. The van der Waals surface area contributed by atoms with Gasteiger partial charge in [0.1, 0.15) is 0 Å². The molecule has 1 amide bonds. The monoisotopic (exact) mass is 462 g/mol. The highest BCUT2D eigenvalue weighted by molar-refractivity contribution is 7.89. The Morgan fingerprint density at radius 3 is 2.35 bits per heavy atom. The molecule has 2 aliphatic rings. The maximum atomic E-state index is 13.1. The molecule has 1 unspecified atom stereocenters. The topological polar surface area (TPSA) is 73.8 Å². The summed E-state index contributed by atoms with van der Waals surface area (Å²) in [5, 5.41) is 0.494. The maximum Gasteiger partial charge on any atom is 0.243 e. The number of halogens is 1. The molecular weight excluding hydrogens is 436 g/mol. The third kappa shape index (κ3) is 5.26. The molecule has 2 aliphatic heterocycles. The third-order valence-electron chi connectivity index (χ3n) is 6.02. The Morgan fingerprint density at radius 2 is 1.68 bits per heavy atom. The third-order valence-corrected chi connectivity index (χ3v) is 8.16. The highest BCUT2D eigenvalue weighted by Gasteiger charge is 2.35. The Balaban J connectivity index is 1.34. The Bertz CT molecular complexity index is 993. The van der Waals surface area contributed by atoms with Gasteiger partial charge in [-0.3, -0.25) is 14.7 Å². The first-order valence-corrected chi connectivity index (χ1v) is 12.4. The minimum atomic E-state index is -3.63. The standard InChI is InChI=1S/C22H27ClN4O3S/c23-20-3-5-21(6-4-20)31(29,30)27-11-1-2-19(17-27)22(28)26-14-12-25(13-15-26)16-18-7-9-24-10-8-18/h3-10,19H,1-2,11-17H2. The van der Waals surface area contributed by atoms with Crippen LogP contribution in [0.1, 0.15) is 18.4 Å². The van der Waals surface area contributed by atoms with Gasteiger partial charge >= 0.3 is 0 Å².